The molecule has 1 unspecified atom stereocenters. The minimum atomic E-state index is -0.422. The van der Waals surface area contributed by atoms with Crippen LogP contribution in [0.25, 0.3) is 0 Å². The highest BCUT2D eigenvalue weighted by atomic mass is 16.3. The molecular formula is C16H28N2O. The number of aliphatic hydroxyl groups excluding tert-OH is 1. The number of nitrogens with zero attached hydrogens (tertiary/aromatic N) is 1. The minimum Gasteiger partial charge on any atom is -0.399 e. The lowest BCUT2D eigenvalue weighted by Gasteiger charge is -2.25. The predicted molar refractivity (Wildman–Crippen MR) is 82.1 cm³/mol. The zero-order valence-electron chi connectivity index (χ0n) is 12.3. The quantitative estimate of drug-likeness (QED) is 0.673. The average Bonchev–Trinajstić information content (AvgIpc) is 2.42. The Morgan fingerprint density at radius 1 is 1.05 bits per heavy atom. The van der Waals surface area contributed by atoms with Crippen molar-refractivity contribution >= 4 is 5.69 Å². The first-order valence-corrected chi connectivity index (χ1v) is 7.43. The van der Waals surface area contributed by atoms with Crippen molar-refractivity contribution in [1.29, 1.82) is 0 Å². The third-order valence-electron chi connectivity index (χ3n) is 3.41. The predicted octanol–water partition coefficient (Wildman–Crippen LogP) is 3.20. The Bertz CT molecular complexity index is 329. The summed E-state index contributed by atoms with van der Waals surface area (Å²) in [6.07, 6.45) is 4.35. The van der Waals surface area contributed by atoms with Gasteiger partial charge in [-0.2, -0.15) is 0 Å². The molecule has 0 spiro atoms. The van der Waals surface area contributed by atoms with Crippen molar-refractivity contribution in [2.45, 2.75) is 45.6 Å². The Kier molecular flexibility index (Phi) is 7.53. The largest absolute Gasteiger partial charge is 0.399 e. The molecule has 0 aromatic heterocycles. The van der Waals surface area contributed by atoms with E-state index in [0.29, 0.717) is 6.54 Å². The van der Waals surface area contributed by atoms with E-state index in [1.807, 2.05) is 24.3 Å². The lowest BCUT2D eigenvalue weighted by Crippen LogP contribution is -2.30. The molecule has 0 fully saturated rings. The number of hydrogen-bond acceptors (Lipinski definition) is 3. The van der Waals surface area contributed by atoms with E-state index in [9.17, 15) is 5.11 Å². The topological polar surface area (TPSA) is 49.5 Å². The first-order chi connectivity index (χ1) is 9.17. The number of nitrogens with two attached hydrogens (primary N) is 1. The summed E-state index contributed by atoms with van der Waals surface area (Å²) in [6.45, 7) is 7.26. The van der Waals surface area contributed by atoms with Crippen molar-refractivity contribution in [2.24, 2.45) is 0 Å². The van der Waals surface area contributed by atoms with Gasteiger partial charge in [0.15, 0.2) is 0 Å². The van der Waals surface area contributed by atoms with E-state index in [-0.39, 0.29) is 0 Å². The molecule has 108 valence electrons. The normalized spacial score (nSPS) is 12.8. The van der Waals surface area contributed by atoms with Gasteiger partial charge in [0, 0.05) is 12.2 Å². The summed E-state index contributed by atoms with van der Waals surface area (Å²) in [6, 6.07) is 7.53. The van der Waals surface area contributed by atoms with E-state index >= 15 is 0 Å². The van der Waals surface area contributed by atoms with Gasteiger partial charge in [-0.25, -0.2) is 0 Å². The molecular weight excluding hydrogens is 236 g/mol. The van der Waals surface area contributed by atoms with Crippen molar-refractivity contribution in [1.82, 2.24) is 4.90 Å². The van der Waals surface area contributed by atoms with Gasteiger partial charge in [0.25, 0.3) is 0 Å². The molecule has 0 bridgehead atoms. The summed E-state index contributed by atoms with van der Waals surface area (Å²) < 4.78 is 0. The van der Waals surface area contributed by atoms with Crippen LogP contribution in [0.1, 0.15) is 51.2 Å². The number of nitrogen functional groups attached to an aromatic ring is 1. The first-order valence-electron chi connectivity index (χ1n) is 7.43. The van der Waals surface area contributed by atoms with Crippen LogP contribution < -0.4 is 5.73 Å². The van der Waals surface area contributed by atoms with E-state index in [2.05, 4.69) is 18.7 Å². The second kappa shape index (κ2) is 8.94. The van der Waals surface area contributed by atoms with Crippen LogP contribution in [-0.2, 0) is 0 Å². The summed E-state index contributed by atoms with van der Waals surface area (Å²) in [5.41, 5.74) is 7.36. The third-order valence-corrected chi connectivity index (χ3v) is 3.41. The summed E-state index contributed by atoms with van der Waals surface area (Å²) in [5, 5.41) is 10.3. The van der Waals surface area contributed by atoms with Crippen molar-refractivity contribution in [3.63, 3.8) is 0 Å². The summed E-state index contributed by atoms with van der Waals surface area (Å²) >= 11 is 0. The van der Waals surface area contributed by atoms with Crippen LogP contribution in [0.3, 0.4) is 0 Å². The van der Waals surface area contributed by atoms with Gasteiger partial charge >= 0.3 is 0 Å². The zero-order valence-corrected chi connectivity index (χ0v) is 12.3. The number of aliphatic hydroxyl groups is 1. The molecule has 1 atom stereocenters. The average molecular weight is 264 g/mol. The lowest BCUT2D eigenvalue weighted by molar-refractivity contribution is 0.111. The monoisotopic (exact) mass is 264 g/mol. The van der Waals surface area contributed by atoms with E-state index in [1.54, 1.807) is 0 Å². The Morgan fingerprint density at radius 2 is 1.58 bits per heavy atom. The van der Waals surface area contributed by atoms with E-state index < -0.39 is 6.10 Å². The van der Waals surface area contributed by atoms with Gasteiger partial charge in [-0.3, -0.25) is 0 Å². The molecule has 0 aliphatic carbocycles. The fourth-order valence-corrected chi connectivity index (χ4v) is 2.13. The van der Waals surface area contributed by atoms with E-state index in [0.717, 1.165) is 24.3 Å². The van der Waals surface area contributed by atoms with Gasteiger partial charge in [0.05, 0.1) is 6.10 Å². The molecule has 19 heavy (non-hydrogen) atoms. The maximum absolute atomic E-state index is 10.3. The Labute approximate surface area is 117 Å². The number of rotatable bonds is 9. The second-order valence-electron chi connectivity index (χ2n) is 5.19. The molecule has 3 nitrogen and oxygen atoms in total. The van der Waals surface area contributed by atoms with E-state index in [4.69, 9.17) is 5.73 Å². The van der Waals surface area contributed by atoms with Gasteiger partial charge in [-0.1, -0.05) is 38.8 Å². The standard InChI is InChI=1S/C16H28N2O/c1-3-5-11-18(12-6-4-2)13-16(19)14-7-9-15(17)10-8-14/h7-10,16,19H,3-6,11-13,17H2,1-2H3. The van der Waals surface area contributed by atoms with Gasteiger partial charge in [-0.05, 0) is 43.6 Å². The molecule has 0 saturated heterocycles. The summed E-state index contributed by atoms with van der Waals surface area (Å²) in [4.78, 5) is 2.37. The van der Waals surface area contributed by atoms with Gasteiger partial charge in [-0.15, -0.1) is 0 Å². The van der Waals surface area contributed by atoms with Crippen LogP contribution in [0.4, 0.5) is 5.69 Å². The van der Waals surface area contributed by atoms with Crippen molar-refractivity contribution < 1.29 is 5.11 Å². The van der Waals surface area contributed by atoms with Crippen molar-refractivity contribution in [3.8, 4) is 0 Å². The van der Waals surface area contributed by atoms with Crippen LogP contribution >= 0.6 is 0 Å². The number of anilines is 1. The molecule has 0 heterocycles. The molecule has 0 saturated carbocycles. The smallest absolute Gasteiger partial charge is 0.0916 e. The van der Waals surface area contributed by atoms with Crippen LogP contribution in [0.2, 0.25) is 0 Å². The maximum atomic E-state index is 10.3. The summed E-state index contributed by atoms with van der Waals surface area (Å²) in [5.74, 6) is 0. The molecule has 0 aliphatic rings. The third kappa shape index (κ3) is 6.08. The molecule has 3 N–H and O–H groups in total. The van der Waals surface area contributed by atoms with Crippen LogP contribution in [-0.4, -0.2) is 29.6 Å². The Morgan fingerprint density at radius 3 is 2.05 bits per heavy atom. The first kappa shape index (κ1) is 16.0. The highest BCUT2D eigenvalue weighted by molar-refractivity contribution is 5.39. The Balaban J connectivity index is 2.53. The molecule has 0 aliphatic heterocycles. The number of benzene rings is 1. The molecule has 1 rings (SSSR count). The molecule has 1 aromatic carbocycles. The van der Waals surface area contributed by atoms with Crippen molar-refractivity contribution in [3.05, 3.63) is 29.8 Å². The molecule has 0 amide bonds. The van der Waals surface area contributed by atoms with Gasteiger partial charge in [0.2, 0.25) is 0 Å². The van der Waals surface area contributed by atoms with Crippen LogP contribution in [0.5, 0.6) is 0 Å². The second-order valence-corrected chi connectivity index (χ2v) is 5.19. The molecule has 3 heteroatoms. The Hall–Kier alpha value is -1.06. The summed E-state index contributed by atoms with van der Waals surface area (Å²) in [7, 11) is 0. The van der Waals surface area contributed by atoms with Crippen LogP contribution in [0.15, 0.2) is 24.3 Å². The fraction of sp³-hybridized carbons (Fsp3) is 0.625. The maximum Gasteiger partial charge on any atom is 0.0916 e. The highest BCUT2D eigenvalue weighted by Crippen LogP contribution is 2.16. The van der Waals surface area contributed by atoms with Crippen molar-refractivity contribution in [2.75, 3.05) is 25.4 Å². The van der Waals surface area contributed by atoms with Gasteiger partial charge in [0.1, 0.15) is 0 Å². The number of unbranched alkanes of at least 4 members (excludes halogenated alkanes) is 2. The van der Waals surface area contributed by atoms with Gasteiger partial charge < -0.3 is 15.7 Å². The zero-order chi connectivity index (χ0) is 14.1. The highest BCUT2D eigenvalue weighted by Gasteiger charge is 2.12. The fourth-order valence-electron chi connectivity index (χ4n) is 2.13. The van der Waals surface area contributed by atoms with Crippen LogP contribution in [0, 0.1) is 0 Å². The minimum absolute atomic E-state index is 0.422. The molecule has 0 radical (unpaired) electrons. The van der Waals surface area contributed by atoms with E-state index in [1.165, 1.54) is 25.7 Å². The lowest BCUT2D eigenvalue weighted by atomic mass is 10.1. The molecule has 1 aromatic rings. The SMILES string of the molecule is CCCCN(CCCC)CC(O)c1ccc(N)cc1. The number of hydrogen-bond donors (Lipinski definition) is 2.